The number of halogens is 2. The maximum Gasteiger partial charge on any atom is 0.234 e. The van der Waals surface area contributed by atoms with Gasteiger partial charge in [-0.25, -0.2) is 8.78 Å². The van der Waals surface area contributed by atoms with Crippen LogP contribution in [0.3, 0.4) is 0 Å². The molecule has 0 radical (unpaired) electrons. The highest BCUT2D eigenvalue weighted by Crippen LogP contribution is 2.50. The molecule has 3 saturated heterocycles. The van der Waals surface area contributed by atoms with Crippen molar-refractivity contribution >= 4 is 17.5 Å². The SMILES string of the molecule is O=C1CCC(c2c(F)cc(N3CCN(C4CC5(CCNCC5)C4)CC3)cc2F)C(=O)N1. The van der Waals surface area contributed by atoms with E-state index in [2.05, 4.69) is 15.5 Å². The van der Waals surface area contributed by atoms with Crippen LogP contribution in [0.4, 0.5) is 14.5 Å². The molecule has 1 aliphatic carbocycles. The Balaban J connectivity index is 1.21. The maximum atomic E-state index is 14.8. The van der Waals surface area contributed by atoms with Gasteiger partial charge >= 0.3 is 0 Å². The second-order valence-electron chi connectivity index (χ2n) is 9.66. The van der Waals surface area contributed by atoms with Crippen molar-refractivity contribution in [1.82, 2.24) is 15.5 Å². The molecule has 5 rings (SSSR count). The number of anilines is 1. The molecule has 2 N–H and O–H groups in total. The molecule has 31 heavy (non-hydrogen) atoms. The number of amides is 2. The molecule has 168 valence electrons. The van der Waals surface area contributed by atoms with Gasteiger partial charge in [-0.1, -0.05) is 0 Å². The Morgan fingerprint density at radius 3 is 2.23 bits per heavy atom. The number of nitrogens with one attached hydrogen (secondary N) is 2. The predicted molar refractivity (Wildman–Crippen MR) is 113 cm³/mol. The Kier molecular flexibility index (Phi) is 5.46. The zero-order chi connectivity index (χ0) is 21.6. The predicted octanol–water partition coefficient (Wildman–Crippen LogP) is 2.14. The Labute approximate surface area is 181 Å². The number of piperidine rings is 2. The summed E-state index contributed by atoms with van der Waals surface area (Å²) >= 11 is 0. The fourth-order valence-corrected chi connectivity index (χ4v) is 5.96. The summed E-state index contributed by atoms with van der Waals surface area (Å²) in [5, 5.41) is 5.62. The average molecular weight is 433 g/mol. The first-order valence-corrected chi connectivity index (χ1v) is 11.5. The molecule has 3 aliphatic heterocycles. The molecular formula is C23H30F2N4O2. The van der Waals surface area contributed by atoms with Crippen molar-refractivity contribution < 1.29 is 18.4 Å². The Hall–Kier alpha value is -2.06. The smallest absolute Gasteiger partial charge is 0.234 e. The van der Waals surface area contributed by atoms with E-state index in [1.54, 1.807) is 0 Å². The first-order chi connectivity index (χ1) is 14.9. The van der Waals surface area contributed by atoms with Gasteiger partial charge in [-0.3, -0.25) is 19.8 Å². The summed E-state index contributed by atoms with van der Waals surface area (Å²) in [5.41, 5.74) is 0.841. The molecule has 8 heteroatoms. The highest BCUT2D eigenvalue weighted by atomic mass is 19.1. The monoisotopic (exact) mass is 432 g/mol. The molecule has 1 atom stereocenters. The van der Waals surface area contributed by atoms with E-state index in [4.69, 9.17) is 0 Å². The highest BCUT2D eigenvalue weighted by Gasteiger charge is 2.47. The summed E-state index contributed by atoms with van der Waals surface area (Å²) in [6.45, 7) is 5.54. The van der Waals surface area contributed by atoms with Crippen molar-refractivity contribution in [2.75, 3.05) is 44.2 Å². The zero-order valence-electron chi connectivity index (χ0n) is 17.8. The van der Waals surface area contributed by atoms with Gasteiger partial charge in [0.2, 0.25) is 11.8 Å². The molecule has 1 saturated carbocycles. The third kappa shape index (κ3) is 3.96. The van der Waals surface area contributed by atoms with E-state index in [0.29, 0.717) is 17.1 Å². The van der Waals surface area contributed by atoms with Gasteiger partial charge in [-0.05, 0) is 62.7 Å². The van der Waals surface area contributed by atoms with Crippen LogP contribution in [0.2, 0.25) is 0 Å². The van der Waals surface area contributed by atoms with Crippen LogP contribution in [0, 0.1) is 17.0 Å². The maximum absolute atomic E-state index is 14.8. The Morgan fingerprint density at radius 2 is 1.61 bits per heavy atom. The van der Waals surface area contributed by atoms with E-state index >= 15 is 0 Å². The van der Waals surface area contributed by atoms with Crippen molar-refractivity contribution in [3.05, 3.63) is 29.3 Å². The minimum absolute atomic E-state index is 0.0952. The van der Waals surface area contributed by atoms with E-state index in [1.165, 1.54) is 37.8 Å². The molecule has 1 unspecified atom stereocenters. The van der Waals surface area contributed by atoms with Gasteiger partial charge in [0.05, 0.1) is 5.92 Å². The number of imide groups is 1. The lowest BCUT2D eigenvalue weighted by Gasteiger charge is -2.55. The van der Waals surface area contributed by atoms with Crippen molar-refractivity contribution in [2.24, 2.45) is 5.41 Å². The van der Waals surface area contributed by atoms with E-state index in [0.717, 1.165) is 39.3 Å². The summed E-state index contributed by atoms with van der Waals surface area (Å²) in [5.74, 6) is -3.39. The molecule has 1 aromatic rings. The molecule has 4 fully saturated rings. The average Bonchev–Trinajstić information content (AvgIpc) is 2.73. The Morgan fingerprint density at radius 1 is 0.968 bits per heavy atom. The summed E-state index contributed by atoms with van der Waals surface area (Å²) in [6, 6.07) is 3.32. The van der Waals surface area contributed by atoms with Gasteiger partial charge in [-0.2, -0.15) is 0 Å². The van der Waals surface area contributed by atoms with Crippen LogP contribution in [0.15, 0.2) is 12.1 Å². The summed E-state index contributed by atoms with van der Waals surface area (Å²) in [6.07, 6.45) is 5.34. The normalized spacial score (nSPS) is 27.3. The summed E-state index contributed by atoms with van der Waals surface area (Å²) in [7, 11) is 0. The van der Waals surface area contributed by atoms with E-state index in [1.807, 2.05) is 4.90 Å². The largest absolute Gasteiger partial charge is 0.369 e. The number of rotatable bonds is 3. The number of piperazine rings is 1. The quantitative estimate of drug-likeness (QED) is 0.717. The molecular weight excluding hydrogens is 402 g/mol. The number of benzene rings is 1. The summed E-state index contributed by atoms with van der Waals surface area (Å²) < 4.78 is 29.7. The first kappa shape index (κ1) is 20.8. The molecule has 1 spiro atoms. The second kappa shape index (κ2) is 8.13. The van der Waals surface area contributed by atoms with Crippen molar-refractivity contribution in [3.8, 4) is 0 Å². The molecule has 6 nitrogen and oxygen atoms in total. The van der Waals surface area contributed by atoms with Gasteiger partial charge in [0.1, 0.15) is 11.6 Å². The van der Waals surface area contributed by atoms with Crippen LogP contribution in [0.1, 0.15) is 50.0 Å². The van der Waals surface area contributed by atoms with Crippen LogP contribution in [-0.2, 0) is 9.59 Å². The fourth-order valence-electron chi connectivity index (χ4n) is 5.96. The van der Waals surface area contributed by atoms with Gasteiger partial charge in [0.15, 0.2) is 0 Å². The third-order valence-corrected chi connectivity index (χ3v) is 7.85. The number of nitrogens with zero attached hydrogens (tertiary/aromatic N) is 2. The molecule has 0 aromatic heterocycles. The Bertz CT molecular complexity index is 847. The molecule has 0 bridgehead atoms. The van der Waals surface area contributed by atoms with E-state index < -0.39 is 29.4 Å². The zero-order valence-corrected chi connectivity index (χ0v) is 17.8. The minimum atomic E-state index is -0.954. The second-order valence-corrected chi connectivity index (χ2v) is 9.66. The van der Waals surface area contributed by atoms with Crippen LogP contribution in [0.25, 0.3) is 0 Å². The van der Waals surface area contributed by atoms with Crippen LogP contribution >= 0.6 is 0 Å². The van der Waals surface area contributed by atoms with Crippen molar-refractivity contribution in [3.63, 3.8) is 0 Å². The molecule has 2 amide bonds. The third-order valence-electron chi connectivity index (χ3n) is 7.85. The number of hydrogen-bond donors (Lipinski definition) is 2. The van der Waals surface area contributed by atoms with Gasteiger partial charge in [0, 0.05) is 49.9 Å². The minimum Gasteiger partial charge on any atom is -0.369 e. The lowest BCUT2D eigenvalue weighted by Crippen LogP contribution is -2.58. The van der Waals surface area contributed by atoms with Crippen LogP contribution in [0.5, 0.6) is 0 Å². The standard InChI is InChI=1S/C23H30F2N4O2/c24-18-11-15(12-19(25)21(18)17-1-2-20(30)27-22(17)31)28-7-9-29(10-8-28)16-13-23(14-16)3-5-26-6-4-23/h11-12,16-17,26H,1-10,13-14H2,(H,27,30,31). The van der Waals surface area contributed by atoms with Gasteiger partial charge < -0.3 is 10.2 Å². The van der Waals surface area contributed by atoms with Crippen molar-refractivity contribution in [1.29, 1.82) is 0 Å². The molecule has 4 aliphatic rings. The van der Waals surface area contributed by atoms with Gasteiger partial charge in [0.25, 0.3) is 0 Å². The van der Waals surface area contributed by atoms with Crippen LogP contribution in [-0.4, -0.2) is 62.0 Å². The van der Waals surface area contributed by atoms with Gasteiger partial charge in [-0.15, -0.1) is 0 Å². The highest BCUT2D eigenvalue weighted by molar-refractivity contribution is 6.01. The van der Waals surface area contributed by atoms with Crippen LogP contribution < -0.4 is 15.5 Å². The number of carbonyl (C=O) groups is 2. The fraction of sp³-hybridized carbons (Fsp3) is 0.652. The number of hydrogen-bond acceptors (Lipinski definition) is 5. The number of carbonyl (C=O) groups excluding carboxylic acids is 2. The summed E-state index contributed by atoms with van der Waals surface area (Å²) in [4.78, 5) is 28.0. The molecule has 3 heterocycles. The first-order valence-electron chi connectivity index (χ1n) is 11.5. The lowest BCUT2D eigenvalue weighted by molar-refractivity contribution is -0.134. The topological polar surface area (TPSA) is 64.7 Å². The van der Waals surface area contributed by atoms with E-state index in [-0.39, 0.29) is 18.4 Å². The van der Waals surface area contributed by atoms with Crippen molar-refractivity contribution in [2.45, 2.75) is 50.5 Å². The van der Waals surface area contributed by atoms with E-state index in [9.17, 15) is 18.4 Å². The molecule has 1 aromatic carbocycles. The lowest BCUT2D eigenvalue weighted by atomic mass is 9.60.